The lowest BCUT2D eigenvalue weighted by molar-refractivity contribution is -0.384. The van der Waals surface area contributed by atoms with Crippen LogP contribution < -0.4 is 10.9 Å². The first-order valence-electron chi connectivity index (χ1n) is 7.18. The molecule has 0 aliphatic rings. The molecule has 1 amide bonds. The lowest BCUT2D eigenvalue weighted by Gasteiger charge is -2.08. The Balaban J connectivity index is 1.82. The Hall–Kier alpha value is -3.33. The van der Waals surface area contributed by atoms with Crippen molar-refractivity contribution < 1.29 is 9.72 Å². The van der Waals surface area contributed by atoms with Crippen LogP contribution in [0.4, 0.5) is 10.8 Å². The standard InChI is InChI=1S/C16H12N4O4S/c21-14(18-16-17-7-9-25-16)13-2-1-8-19(15(13)22)10-11-3-5-12(6-4-11)20(23)24/h1-9H,10H2,(H,17,18,21). The van der Waals surface area contributed by atoms with Crippen molar-refractivity contribution in [3.8, 4) is 0 Å². The third-order valence-electron chi connectivity index (χ3n) is 3.42. The Kier molecular flexibility index (Phi) is 4.66. The van der Waals surface area contributed by atoms with E-state index in [1.165, 1.54) is 34.1 Å². The number of nitrogens with one attached hydrogen (secondary N) is 1. The summed E-state index contributed by atoms with van der Waals surface area (Å²) in [5.41, 5.74) is 0.243. The number of aromatic nitrogens is 2. The van der Waals surface area contributed by atoms with Gasteiger partial charge in [0.2, 0.25) is 0 Å². The van der Waals surface area contributed by atoms with Crippen LogP contribution in [0, 0.1) is 10.1 Å². The molecule has 0 bridgehead atoms. The summed E-state index contributed by atoms with van der Waals surface area (Å²) in [4.78, 5) is 38.9. The second-order valence-electron chi connectivity index (χ2n) is 5.07. The maximum absolute atomic E-state index is 12.5. The second-order valence-corrected chi connectivity index (χ2v) is 5.96. The van der Waals surface area contributed by atoms with Crippen LogP contribution in [-0.2, 0) is 6.54 Å². The highest BCUT2D eigenvalue weighted by Crippen LogP contribution is 2.13. The van der Waals surface area contributed by atoms with E-state index in [0.717, 1.165) is 0 Å². The topological polar surface area (TPSA) is 107 Å². The van der Waals surface area contributed by atoms with Crippen molar-refractivity contribution in [2.75, 3.05) is 5.32 Å². The summed E-state index contributed by atoms with van der Waals surface area (Å²) in [7, 11) is 0. The van der Waals surface area contributed by atoms with E-state index in [9.17, 15) is 19.7 Å². The fourth-order valence-electron chi connectivity index (χ4n) is 2.20. The van der Waals surface area contributed by atoms with Crippen LogP contribution in [0.5, 0.6) is 0 Å². The number of hydrogen-bond acceptors (Lipinski definition) is 6. The van der Waals surface area contributed by atoms with E-state index in [2.05, 4.69) is 10.3 Å². The molecule has 0 unspecified atom stereocenters. The van der Waals surface area contributed by atoms with E-state index >= 15 is 0 Å². The largest absolute Gasteiger partial charge is 0.310 e. The number of thiazole rings is 1. The number of benzene rings is 1. The van der Waals surface area contributed by atoms with Gasteiger partial charge in [-0.05, 0) is 17.7 Å². The molecule has 0 saturated carbocycles. The Labute approximate surface area is 145 Å². The molecule has 8 nitrogen and oxygen atoms in total. The van der Waals surface area contributed by atoms with E-state index < -0.39 is 16.4 Å². The first-order chi connectivity index (χ1) is 12.0. The third kappa shape index (κ3) is 3.78. The van der Waals surface area contributed by atoms with Crippen LogP contribution in [0.15, 0.2) is 59.0 Å². The number of carbonyl (C=O) groups excluding carboxylic acids is 1. The highest BCUT2D eigenvalue weighted by atomic mass is 32.1. The normalized spacial score (nSPS) is 10.4. The summed E-state index contributed by atoms with van der Waals surface area (Å²) in [5.74, 6) is -0.530. The van der Waals surface area contributed by atoms with Crippen LogP contribution in [0.25, 0.3) is 0 Å². The van der Waals surface area contributed by atoms with Gasteiger partial charge in [0.05, 0.1) is 11.5 Å². The van der Waals surface area contributed by atoms with Crippen molar-refractivity contribution in [1.29, 1.82) is 0 Å². The molecule has 1 aromatic carbocycles. The van der Waals surface area contributed by atoms with Gasteiger partial charge in [0, 0.05) is 29.9 Å². The minimum atomic E-state index is -0.530. The molecule has 1 N–H and O–H groups in total. The van der Waals surface area contributed by atoms with Crippen LogP contribution in [-0.4, -0.2) is 20.4 Å². The van der Waals surface area contributed by atoms with Gasteiger partial charge >= 0.3 is 0 Å². The minimum Gasteiger partial charge on any atom is -0.310 e. The SMILES string of the molecule is O=C(Nc1nccs1)c1cccn(Cc2ccc([N+](=O)[O-])cc2)c1=O. The molecular weight excluding hydrogens is 344 g/mol. The van der Waals surface area contributed by atoms with Gasteiger partial charge in [0.25, 0.3) is 17.2 Å². The Bertz CT molecular complexity index is 965. The third-order valence-corrected chi connectivity index (χ3v) is 4.11. The first kappa shape index (κ1) is 16.5. The maximum Gasteiger partial charge on any atom is 0.269 e. The van der Waals surface area contributed by atoms with Crippen molar-refractivity contribution in [3.05, 3.63) is 85.8 Å². The van der Waals surface area contributed by atoms with E-state index in [4.69, 9.17) is 0 Å². The van der Waals surface area contributed by atoms with Gasteiger partial charge in [0.1, 0.15) is 5.56 Å². The van der Waals surface area contributed by atoms with Crippen LogP contribution in [0.2, 0.25) is 0 Å². The van der Waals surface area contributed by atoms with Gasteiger partial charge in [-0.3, -0.25) is 25.0 Å². The first-order valence-corrected chi connectivity index (χ1v) is 8.06. The number of non-ortho nitro benzene ring substituents is 1. The number of pyridine rings is 1. The average Bonchev–Trinajstić information content (AvgIpc) is 3.10. The predicted molar refractivity (Wildman–Crippen MR) is 93.0 cm³/mol. The minimum absolute atomic E-state index is 0.000360. The number of amides is 1. The van der Waals surface area contributed by atoms with Crippen molar-refractivity contribution in [1.82, 2.24) is 9.55 Å². The Morgan fingerprint density at radius 3 is 2.68 bits per heavy atom. The fourth-order valence-corrected chi connectivity index (χ4v) is 2.73. The van der Waals surface area contributed by atoms with Gasteiger partial charge in [-0.25, -0.2) is 4.98 Å². The summed E-state index contributed by atoms with van der Waals surface area (Å²) in [6.07, 6.45) is 3.11. The van der Waals surface area contributed by atoms with E-state index in [-0.39, 0.29) is 17.8 Å². The molecule has 0 saturated heterocycles. The molecule has 0 aliphatic carbocycles. The van der Waals surface area contributed by atoms with Gasteiger partial charge < -0.3 is 4.57 Å². The quantitative estimate of drug-likeness (QED) is 0.558. The fraction of sp³-hybridized carbons (Fsp3) is 0.0625. The number of nitro benzene ring substituents is 1. The van der Waals surface area contributed by atoms with Gasteiger partial charge in [-0.1, -0.05) is 12.1 Å². The zero-order valence-electron chi connectivity index (χ0n) is 12.8. The average molecular weight is 356 g/mol. The van der Waals surface area contributed by atoms with Crippen molar-refractivity contribution in [3.63, 3.8) is 0 Å². The van der Waals surface area contributed by atoms with Gasteiger partial charge in [0.15, 0.2) is 5.13 Å². The van der Waals surface area contributed by atoms with Gasteiger partial charge in [-0.15, -0.1) is 11.3 Å². The molecule has 3 aromatic rings. The van der Waals surface area contributed by atoms with Crippen LogP contribution in [0.3, 0.4) is 0 Å². The summed E-state index contributed by atoms with van der Waals surface area (Å²) < 4.78 is 1.37. The molecule has 25 heavy (non-hydrogen) atoms. The lowest BCUT2D eigenvalue weighted by Crippen LogP contribution is -2.29. The van der Waals surface area contributed by atoms with Crippen molar-refractivity contribution >= 4 is 28.1 Å². The van der Waals surface area contributed by atoms with E-state index in [0.29, 0.717) is 10.7 Å². The highest BCUT2D eigenvalue weighted by molar-refractivity contribution is 7.13. The molecule has 9 heteroatoms. The number of anilines is 1. The molecular formula is C16H12N4O4S. The lowest BCUT2D eigenvalue weighted by atomic mass is 10.2. The Morgan fingerprint density at radius 1 is 1.28 bits per heavy atom. The highest BCUT2D eigenvalue weighted by Gasteiger charge is 2.14. The number of nitrogens with zero attached hydrogens (tertiary/aromatic N) is 3. The monoisotopic (exact) mass is 356 g/mol. The number of hydrogen-bond donors (Lipinski definition) is 1. The smallest absolute Gasteiger partial charge is 0.269 e. The van der Waals surface area contributed by atoms with E-state index in [1.807, 2.05) is 0 Å². The van der Waals surface area contributed by atoms with Crippen LogP contribution in [0.1, 0.15) is 15.9 Å². The van der Waals surface area contributed by atoms with Gasteiger partial charge in [-0.2, -0.15) is 0 Å². The Morgan fingerprint density at radius 2 is 2.04 bits per heavy atom. The number of rotatable bonds is 5. The van der Waals surface area contributed by atoms with E-state index in [1.54, 1.807) is 36.0 Å². The maximum atomic E-state index is 12.5. The van der Waals surface area contributed by atoms with Crippen molar-refractivity contribution in [2.45, 2.75) is 6.54 Å². The molecule has 0 aliphatic heterocycles. The number of nitro groups is 1. The van der Waals surface area contributed by atoms with Crippen molar-refractivity contribution in [2.24, 2.45) is 0 Å². The zero-order chi connectivity index (χ0) is 17.8. The summed E-state index contributed by atoms with van der Waals surface area (Å²) >= 11 is 1.26. The molecule has 0 fully saturated rings. The molecule has 0 radical (unpaired) electrons. The summed E-state index contributed by atoms with van der Waals surface area (Å²) in [6, 6.07) is 8.94. The molecule has 2 heterocycles. The molecule has 3 rings (SSSR count). The predicted octanol–water partition coefficient (Wildman–Crippen LogP) is 2.51. The zero-order valence-corrected chi connectivity index (χ0v) is 13.6. The molecule has 2 aromatic heterocycles. The summed E-state index contributed by atoms with van der Waals surface area (Å²) in [5, 5.41) is 15.4. The summed E-state index contributed by atoms with van der Waals surface area (Å²) in [6.45, 7) is 0.204. The molecule has 0 atom stereocenters. The molecule has 126 valence electrons. The molecule has 0 spiro atoms. The second kappa shape index (κ2) is 7.05. The number of carbonyl (C=O) groups is 1. The van der Waals surface area contributed by atoms with Crippen LogP contribution >= 0.6 is 11.3 Å².